The third kappa shape index (κ3) is 2.88. The van der Waals surface area contributed by atoms with Gasteiger partial charge in [-0.1, -0.05) is 12.1 Å². The molecule has 2 saturated heterocycles. The van der Waals surface area contributed by atoms with E-state index in [0.29, 0.717) is 4.91 Å². The highest BCUT2D eigenvalue weighted by Gasteiger charge is 2.24. The first-order valence-electron chi connectivity index (χ1n) is 6.82. The number of carbonyl (C=O) groups is 2. The molecule has 0 aromatic heterocycles. The first-order chi connectivity index (χ1) is 9.72. The first-order valence-corrected chi connectivity index (χ1v) is 7.64. The van der Waals surface area contributed by atoms with Gasteiger partial charge in [-0.15, -0.1) is 0 Å². The Morgan fingerprint density at radius 1 is 1.05 bits per heavy atom. The molecule has 0 atom stereocenters. The van der Waals surface area contributed by atoms with Gasteiger partial charge >= 0.3 is 0 Å². The van der Waals surface area contributed by atoms with Gasteiger partial charge < -0.3 is 4.90 Å². The molecule has 20 heavy (non-hydrogen) atoms. The van der Waals surface area contributed by atoms with Crippen LogP contribution in [0.5, 0.6) is 0 Å². The summed E-state index contributed by atoms with van der Waals surface area (Å²) in [5.74, 6) is -0.305. The van der Waals surface area contributed by atoms with Gasteiger partial charge in [0.05, 0.1) is 4.91 Å². The fourth-order valence-electron chi connectivity index (χ4n) is 2.51. The topological polar surface area (TPSA) is 49.4 Å². The first kappa shape index (κ1) is 13.2. The Morgan fingerprint density at radius 2 is 1.75 bits per heavy atom. The van der Waals surface area contributed by atoms with Crippen LogP contribution in [0.3, 0.4) is 0 Å². The minimum absolute atomic E-state index is 0.300. The van der Waals surface area contributed by atoms with E-state index in [2.05, 4.69) is 22.3 Å². The van der Waals surface area contributed by atoms with E-state index in [4.69, 9.17) is 0 Å². The van der Waals surface area contributed by atoms with Crippen LogP contribution >= 0.6 is 11.8 Å². The van der Waals surface area contributed by atoms with Crippen LogP contribution in [0.4, 0.5) is 10.5 Å². The molecular weight excluding hydrogens is 272 g/mol. The van der Waals surface area contributed by atoms with Crippen LogP contribution in [-0.4, -0.2) is 24.2 Å². The summed E-state index contributed by atoms with van der Waals surface area (Å²) in [7, 11) is 0. The summed E-state index contributed by atoms with van der Waals surface area (Å²) in [5, 5.41) is 1.96. The molecule has 0 saturated carbocycles. The van der Waals surface area contributed by atoms with E-state index in [1.807, 2.05) is 12.1 Å². The molecule has 0 spiro atoms. The Balaban J connectivity index is 1.74. The van der Waals surface area contributed by atoms with Crippen molar-refractivity contribution in [2.45, 2.75) is 19.3 Å². The SMILES string of the molecule is O=C1NC(=O)C(=Cc2ccc(N3CCCCC3)cc2)S1. The van der Waals surface area contributed by atoms with Gasteiger partial charge in [0.2, 0.25) is 0 Å². The summed E-state index contributed by atoms with van der Waals surface area (Å²) in [6, 6.07) is 8.15. The van der Waals surface area contributed by atoms with E-state index >= 15 is 0 Å². The maximum atomic E-state index is 11.5. The Morgan fingerprint density at radius 3 is 2.35 bits per heavy atom. The van der Waals surface area contributed by atoms with Crippen molar-refractivity contribution in [1.82, 2.24) is 5.32 Å². The number of carbonyl (C=O) groups excluding carboxylic acids is 2. The number of benzene rings is 1. The van der Waals surface area contributed by atoms with Crippen molar-refractivity contribution < 1.29 is 9.59 Å². The number of nitrogens with one attached hydrogen (secondary N) is 1. The van der Waals surface area contributed by atoms with Gasteiger partial charge in [-0.3, -0.25) is 14.9 Å². The number of rotatable bonds is 2. The molecule has 2 aliphatic rings. The molecule has 4 nitrogen and oxygen atoms in total. The Hall–Kier alpha value is -1.75. The molecule has 5 heteroatoms. The van der Waals surface area contributed by atoms with Crippen molar-refractivity contribution in [1.29, 1.82) is 0 Å². The molecule has 1 aromatic carbocycles. The van der Waals surface area contributed by atoms with Crippen LogP contribution < -0.4 is 10.2 Å². The standard InChI is InChI=1S/C15H16N2O2S/c18-14-13(20-15(19)16-14)10-11-4-6-12(7-5-11)17-8-2-1-3-9-17/h4-7,10H,1-3,8-9H2,(H,16,18,19). The molecule has 0 bridgehead atoms. The van der Waals surface area contributed by atoms with Crippen LogP contribution in [0, 0.1) is 0 Å². The summed E-state index contributed by atoms with van der Waals surface area (Å²) in [5.41, 5.74) is 2.17. The maximum absolute atomic E-state index is 11.5. The van der Waals surface area contributed by atoms with Crippen LogP contribution in [0.15, 0.2) is 29.2 Å². The number of imide groups is 1. The molecule has 2 heterocycles. The van der Waals surface area contributed by atoms with Gasteiger partial charge in [0.25, 0.3) is 11.1 Å². The zero-order valence-electron chi connectivity index (χ0n) is 11.1. The third-order valence-electron chi connectivity index (χ3n) is 3.55. The quantitative estimate of drug-likeness (QED) is 0.850. The average Bonchev–Trinajstić information content (AvgIpc) is 2.79. The molecule has 0 radical (unpaired) electrons. The van der Waals surface area contributed by atoms with Crippen LogP contribution in [0.1, 0.15) is 24.8 Å². The molecule has 2 amide bonds. The molecule has 0 aliphatic carbocycles. The number of hydrogen-bond acceptors (Lipinski definition) is 4. The number of piperidine rings is 1. The molecule has 1 N–H and O–H groups in total. The van der Waals surface area contributed by atoms with Crippen molar-refractivity contribution in [3.05, 3.63) is 34.7 Å². The normalized spacial score (nSPS) is 21.4. The van der Waals surface area contributed by atoms with Gasteiger partial charge in [-0.05, 0) is 54.8 Å². The predicted octanol–water partition coefficient (Wildman–Crippen LogP) is 3.00. The molecule has 2 aliphatic heterocycles. The minimum atomic E-state index is -0.305. The second-order valence-corrected chi connectivity index (χ2v) is 6.01. The second kappa shape index (κ2) is 5.71. The molecule has 3 rings (SSSR count). The maximum Gasteiger partial charge on any atom is 0.290 e. The monoisotopic (exact) mass is 288 g/mol. The molecular formula is C15H16N2O2S. The fourth-order valence-corrected chi connectivity index (χ4v) is 3.19. The lowest BCUT2D eigenvalue weighted by Crippen LogP contribution is -2.29. The Labute approximate surface area is 122 Å². The second-order valence-electron chi connectivity index (χ2n) is 4.99. The highest BCUT2D eigenvalue weighted by atomic mass is 32.2. The summed E-state index contributed by atoms with van der Waals surface area (Å²) < 4.78 is 0. The number of hydrogen-bond donors (Lipinski definition) is 1. The summed E-state index contributed by atoms with van der Waals surface area (Å²) in [6.07, 6.45) is 5.58. The molecule has 0 unspecified atom stereocenters. The van der Waals surface area contributed by atoms with E-state index in [1.54, 1.807) is 6.08 Å². The van der Waals surface area contributed by atoms with E-state index < -0.39 is 0 Å². The molecule has 2 fully saturated rings. The van der Waals surface area contributed by atoms with Gasteiger partial charge in [-0.25, -0.2) is 0 Å². The van der Waals surface area contributed by atoms with Crippen LogP contribution in [0.2, 0.25) is 0 Å². The van der Waals surface area contributed by atoms with Gasteiger partial charge in [0.15, 0.2) is 0 Å². The smallest absolute Gasteiger partial charge is 0.290 e. The third-order valence-corrected chi connectivity index (χ3v) is 4.36. The predicted molar refractivity (Wildman–Crippen MR) is 81.6 cm³/mol. The summed E-state index contributed by atoms with van der Waals surface area (Å²) in [4.78, 5) is 25.4. The Kier molecular flexibility index (Phi) is 3.78. The van der Waals surface area contributed by atoms with Crippen molar-refractivity contribution in [2.75, 3.05) is 18.0 Å². The number of amides is 2. The Bertz CT molecular complexity index is 560. The highest BCUT2D eigenvalue weighted by Crippen LogP contribution is 2.26. The highest BCUT2D eigenvalue weighted by molar-refractivity contribution is 8.18. The van der Waals surface area contributed by atoms with E-state index in [9.17, 15) is 9.59 Å². The summed E-state index contributed by atoms with van der Waals surface area (Å²) in [6.45, 7) is 2.24. The fraction of sp³-hybridized carbons (Fsp3) is 0.333. The lowest BCUT2D eigenvalue weighted by molar-refractivity contribution is -0.115. The van der Waals surface area contributed by atoms with E-state index in [1.165, 1.54) is 24.9 Å². The largest absolute Gasteiger partial charge is 0.372 e. The van der Waals surface area contributed by atoms with Crippen molar-refractivity contribution in [3.63, 3.8) is 0 Å². The average molecular weight is 288 g/mol. The summed E-state index contributed by atoms with van der Waals surface area (Å²) >= 11 is 0.952. The lowest BCUT2D eigenvalue weighted by atomic mass is 10.1. The van der Waals surface area contributed by atoms with Crippen LogP contribution in [0.25, 0.3) is 6.08 Å². The zero-order valence-corrected chi connectivity index (χ0v) is 11.9. The van der Waals surface area contributed by atoms with Crippen molar-refractivity contribution in [3.8, 4) is 0 Å². The zero-order chi connectivity index (χ0) is 13.9. The molecule has 1 aromatic rings. The van der Waals surface area contributed by atoms with Crippen LogP contribution in [-0.2, 0) is 4.79 Å². The number of thioether (sulfide) groups is 1. The number of anilines is 1. The van der Waals surface area contributed by atoms with Crippen molar-refractivity contribution in [2.24, 2.45) is 0 Å². The molecule has 104 valence electrons. The minimum Gasteiger partial charge on any atom is -0.372 e. The van der Waals surface area contributed by atoms with E-state index in [-0.39, 0.29) is 11.1 Å². The van der Waals surface area contributed by atoms with E-state index in [0.717, 1.165) is 30.4 Å². The van der Waals surface area contributed by atoms with Crippen molar-refractivity contribution >= 4 is 34.7 Å². The van der Waals surface area contributed by atoms with Gasteiger partial charge in [0.1, 0.15) is 0 Å². The van der Waals surface area contributed by atoms with Gasteiger partial charge in [0, 0.05) is 18.8 Å². The lowest BCUT2D eigenvalue weighted by Gasteiger charge is -2.28. The van der Waals surface area contributed by atoms with Gasteiger partial charge in [-0.2, -0.15) is 0 Å². The number of nitrogens with zero attached hydrogens (tertiary/aromatic N) is 1.